The first-order valence-corrected chi connectivity index (χ1v) is 7.01. The van der Waals surface area contributed by atoms with Gasteiger partial charge in [0, 0.05) is 6.54 Å². The molecule has 1 aromatic rings. The number of carbonyl (C=O) groups is 1. The summed E-state index contributed by atoms with van der Waals surface area (Å²) in [7, 11) is 1.99. The highest BCUT2D eigenvalue weighted by Gasteiger charge is 2.26. The molecular weight excluding hydrogens is 238 g/mol. The molecule has 0 radical (unpaired) electrons. The summed E-state index contributed by atoms with van der Waals surface area (Å²) >= 11 is 0. The van der Waals surface area contributed by atoms with Crippen molar-refractivity contribution >= 4 is 5.97 Å². The second kappa shape index (κ2) is 7.95. The maximum Gasteiger partial charge on any atom is 0.327 e. The van der Waals surface area contributed by atoms with Crippen molar-refractivity contribution in [2.75, 3.05) is 20.2 Å². The molecule has 3 nitrogen and oxygen atoms in total. The standard InChI is InChI=1S/C16H25NO2/c1-5-13(3)12-17(4)15(16(18)19-6-2)14-10-8-7-9-11-14/h7-11,13,15H,5-6,12H2,1-4H3. The molecular formula is C16H25NO2. The molecule has 1 aromatic carbocycles. The van der Waals surface area contributed by atoms with Gasteiger partial charge in [-0.05, 0) is 25.5 Å². The SMILES string of the molecule is CCOC(=O)C(c1ccccc1)N(C)CC(C)CC. The molecule has 0 aliphatic heterocycles. The minimum Gasteiger partial charge on any atom is -0.465 e. The third kappa shape index (κ3) is 4.67. The lowest BCUT2D eigenvalue weighted by Crippen LogP contribution is -2.35. The second-order valence-corrected chi connectivity index (χ2v) is 5.02. The van der Waals surface area contributed by atoms with E-state index in [1.54, 1.807) is 0 Å². The quantitative estimate of drug-likeness (QED) is 0.707. The topological polar surface area (TPSA) is 29.5 Å². The van der Waals surface area contributed by atoms with E-state index in [-0.39, 0.29) is 12.0 Å². The third-order valence-corrected chi connectivity index (χ3v) is 3.36. The Hall–Kier alpha value is -1.35. The molecule has 0 bridgehead atoms. The van der Waals surface area contributed by atoms with Gasteiger partial charge in [-0.15, -0.1) is 0 Å². The highest BCUT2D eigenvalue weighted by Crippen LogP contribution is 2.22. The van der Waals surface area contributed by atoms with E-state index in [0.29, 0.717) is 12.5 Å². The molecule has 19 heavy (non-hydrogen) atoms. The summed E-state index contributed by atoms with van der Waals surface area (Å²) in [5.41, 5.74) is 0.992. The van der Waals surface area contributed by atoms with Gasteiger partial charge in [-0.3, -0.25) is 4.90 Å². The van der Waals surface area contributed by atoms with Gasteiger partial charge in [0.15, 0.2) is 0 Å². The summed E-state index contributed by atoms with van der Waals surface area (Å²) < 4.78 is 5.21. The Morgan fingerprint density at radius 1 is 1.26 bits per heavy atom. The van der Waals surface area contributed by atoms with Crippen molar-refractivity contribution in [2.45, 2.75) is 33.2 Å². The van der Waals surface area contributed by atoms with Crippen molar-refractivity contribution in [3.05, 3.63) is 35.9 Å². The van der Waals surface area contributed by atoms with Gasteiger partial charge in [0.2, 0.25) is 0 Å². The zero-order chi connectivity index (χ0) is 14.3. The highest BCUT2D eigenvalue weighted by atomic mass is 16.5. The predicted octanol–water partition coefficient (Wildman–Crippen LogP) is 3.27. The van der Waals surface area contributed by atoms with E-state index in [2.05, 4.69) is 18.7 Å². The molecule has 0 N–H and O–H groups in total. The van der Waals surface area contributed by atoms with Crippen molar-refractivity contribution in [1.29, 1.82) is 0 Å². The summed E-state index contributed by atoms with van der Waals surface area (Å²) in [6, 6.07) is 9.52. The van der Waals surface area contributed by atoms with Gasteiger partial charge >= 0.3 is 5.97 Å². The lowest BCUT2D eigenvalue weighted by Gasteiger charge is -2.28. The van der Waals surface area contributed by atoms with Crippen LogP contribution < -0.4 is 0 Å². The fourth-order valence-corrected chi connectivity index (χ4v) is 2.15. The van der Waals surface area contributed by atoms with Crippen molar-refractivity contribution in [2.24, 2.45) is 5.92 Å². The van der Waals surface area contributed by atoms with Gasteiger partial charge in [-0.1, -0.05) is 50.6 Å². The number of carbonyl (C=O) groups excluding carboxylic acids is 1. The number of rotatable bonds is 7. The molecule has 0 aromatic heterocycles. The minimum absolute atomic E-state index is 0.167. The van der Waals surface area contributed by atoms with E-state index < -0.39 is 0 Å². The number of nitrogens with zero attached hydrogens (tertiary/aromatic N) is 1. The van der Waals surface area contributed by atoms with Crippen LogP contribution in [0.1, 0.15) is 38.8 Å². The van der Waals surface area contributed by atoms with Crippen LogP contribution in [0, 0.1) is 5.92 Å². The molecule has 0 spiro atoms. The summed E-state index contributed by atoms with van der Waals surface area (Å²) in [4.78, 5) is 14.3. The molecule has 3 heteroatoms. The van der Waals surface area contributed by atoms with Crippen LogP contribution in [0.5, 0.6) is 0 Å². The number of ether oxygens (including phenoxy) is 1. The van der Waals surface area contributed by atoms with Crippen LogP contribution in [0.4, 0.5) is 0 Å². The summed E-state index contributed by atoms with van der Waals surface area (Å²) in [5.74, 6) is 0.394. The van der Waals surface area contributed by atoms with Gasteiger partial charge in [0.25, 0.3) is 0 Å². The second-order valence-electron chi connectivity index (χ2n) is 5.02. The molecule has 0 fully saturated rings. The number of hydrogen-bond acceptors (Lipinski definition) is 3. The van der Waals surface area contributed by atoms with Crippen LogP contribution in [-0.2, 0) is 9.53 Å². The Morgan fingerprint density at radius 3 is 2.42 bits per heavy atom. The molecule has 2 atom stereocenters. The lowest BCUT2D eigenvalue weighted by molar-refractivity contribution is -0.149. The number of benzene rings is 1. The molecule has 106 valence electrons. The van der Waals surface area contributed by atoms with Gasteiger partial charge in [0.05, 0.1) is 6.61 Å². The van der Waals surface area contributed by atoms with Crippen LogP contribution in [-0.4, -0.2) is 31.1 Å². The molecule has 2 unspecified atom stereocenters. The highest BCUT2D eigenvalue weighted by molar-refractivity contribution is 5.77. The predicted molar refractivity (Wildman–Crippen MR) is 77.9 cm³/mol. The van der Waals surface area contributed by atoms with Crippen LogP contribution in [0.15, 0.2) is 30.3 Å². The monoisotopic (exact) mass is 263 g/mol. The first kappa shape index (κ1) is 15.7. The normalized spacial score (nSPS) is 14.2. The number of esters is 1. The summed E-state index contributed by atoms with van der Waals surface area (Å²) in [6.07, 6.45) is 1.11. The molecule has 0 aliphatic carbocycles. The van der Waals surface area contributed by atoms with E-state index in [1.807, 2.05) is 44.3 Å². The Labute approximate surface area is 116 Å². The fraction of sp³-hybridized carbons (Fsp3) is 0.562. The Kier molecular flexibility index (Phi) is 6.57. The van der Waals surface area contributed by atoms with Crippen LogP contribution in [0.2, 0.25) is 0 Å². The average Bonchev–Trinajstić information content (AvgIpc) is 2.40. The first-order chi connectivity index (χ1) is 9.10. The summed E-state index contributed by atoms with van der Waals surface area (Å²) in [6.45, 7) is 7.51. The molecule has 0 amide bonds. The van der Waals surface area contributed by atoms with Crippen molar-refractivity contribution in [1.82, 2.24) is 4.90 Å². The zero-order valence-corrected chi connectivity index (χ0v) is 12.4. The van der Waals surface area contributed by atoms with Crippen molar-refractivity contribution in [3.8, 4) is 0 Å². The van der Waals surface area contributed by atoms with Crippen LogP contribution >= 0.6 is 0 Å². The van der Waals surface area contributed by atoms with Gasteiger partial charge in [-0.2, -0.15) is 0 Å². The molecule has 1 rings (SSSR count). The van der Waals surface area contributed by atoms with E-state index in [0.717, 1.165) is 18.5 Å². The van der Waals surface area contributed by atoms with E-state index >= 15 is 0 Å². The molecule has 0 aliphatic rings. The average molecular weight is 263 g/mol. The van der Waals surface area contributed by atoms with Crippen molar-refractivity contribution in [3.63, 3.8) is 0 Å². The largest absolute Gasteiger partial charge is 0.465 e. The minimum atomic E-state index is -0.310. The fourth-order valence-electron chi connectivity index (χ4n) is 2.15. The first-order valence-electron chi connectivity index (χ1n) is 7.01. The molecule has 0 saturated heterocycles. The van der Waals surface area contributed by atoms with E-state index in [4.69, 9.17) is 4.74 Å². The van der Waals surface area contributed by atoms with Crippen LogP contribution in [0.25, 0.3) is 0 Å². The Bertz CT molecular complexity index is 378. The number of likely N-dealkylation sites (N-methyl/N-ethyl adjacent to an activating group) is 1. The number of hydrogen-bond donors (Lipinski definition) is 0. The van der Waals surface area contributed by atoms with Crippen molar-refractivity contribution < 1.29 is 9.53 Å². The van der Waals surface area contributed by atoms with E-state index in [9.17, 15) is 4.79 Å². The van der Waals surface area contributed by atoms with Crippen LogP contribution in [0.3, 0.4) is 0 Å². The van der Waals surface area contributed by atoms with Gasteiger partial charge in [-0.25, -0.2) is 4.79 Å². The zero-order valence-electron chi connectivity index (χ0n) is 12.4. The molecule has 0 heterocycles. The van der Waals surface area contributed by atoms with E-state index in [1.165, 1.54) is 0 Å². The Balaban J connectivity index is 2.89. The maximum absolute atomic E-state index is 12.2. The summed E-state index contributed by atoms with van der Waals surface area (Å²) in [5, 5.41) is 0. The smallest absolute Gasteiger partial charge is 0.327 e. The maximum atomic E-state index is 12.2. The lowest BCUT2D eigenvalue weighted by atomic mass is 10.0. The third-order valence-electron chi connectivity index (χ3n) is 3.36. The Morgan fingerprint density at radius 2 is 1.89 bits per heavy atom. The molecule has 0 saturated carbocycles. The van der Waals surface area contributed by atoms with Gasteiger partial charge < -0.3 is 4.74 Å². The van der Waals surface area contributed by atoms with Gasteiger partial charge in [0.1, 0.15) is 6.04 Å².